The summed E-state index contributed by atoms with van der Waals surface area (Å²) in [5.74, 6) is -0.651. The van der Waals surface area contributed by atoms with Crippen molar-refractivity contribution in [2.75, 3.05) is 13.4 Å². The van der Waals surface area contributed by atoms with Crippen molar-refractivity contribution in [1.29, 1.82) is 0 Å². The topological polar surface area (TPSA) is 81.7 Å². The Morgan fingerprint density at radius 2 is 1.70 bits per heavy atom. The molecule has 0 amide bonds. The van der Waals surface area contributed by atoms with Crippen molar-refractivity contribution >= 4 is 24.3 Å². The zero-order chi connectivity index (χ0) is 16.4. The molecule has 0 saturated heterocycles. The standard InChI is InChI=1S/C12H27NO5SSi/c1-9(18-20(7,8)12(2,3)4)10(11(14)17-5)13-19(6,15)16/h9-10,13H,1-8H3/t9-,10+/m1/s1. The third kappa shape index (κ3) is 5.90. The molecule has 0 aromatic heterocycles. The summed E-state index contributed by atoms with van der Waals surface area (Å²) in [5.41, 5.74) is 0. The molecule has 0 aliphatic carbocycles. The molecule has 0 aliphatic heterocycles. The fourth-order valence-electron chi connectivity index (χ4n) is 1.40. The van der Waals surface area contributed by atoms with Gasteiger partial charge in [-0.3, -0.25) is 4.79 Å². The van der Waals surface area contributed by atoms with Gasteiger partial charge in [-0.1, -0.05) is 20.8 Å². The summed E-state index contributed by atoms with van der Waals surface area (Å²) in [4.78, 5) is 11.8. The molecule has 20 heavy (non-hydrogen) atoms. The maximum absolute atomic E-state index is 11.8. The minimum absolute atomic E-state index is 0.0347. The number of hydrogen-bond donors (Lipinski definition) is 1. The van der Waals surface area contributed by atoms with E-state index in [1.165, 1.54) is 7.11 Å². The zero-order valence-corrected chi connectivity index (χ0v) is 15.4. The van der Waals surface area contributed by atoms with Crippen LogP contribution in [0, 0.1) is 0 Å². The molecule has 2 atom stereocenters. The van der Waals surface area contributed by atoms with Gasteiger partial charge in [0.25, 0.3) is 0 Å². The first-order valence-electron chi connectivity index (χ1n) is 6.44. The van der Waals surface area contributed by atoms with Gasteiger partial charge in [-0.2, -0.15) is 4.72 Å². The number of nitrogens with one attached hydrogen (secondary N) is 1. The Labute approximate surface area is 123 Å². The van der Waals surface area contributed by atoms with Gasteiger partial charge in [-0.15, -0.1) is 0 Å². The van der Waals surface area contributed by atoms with E-state index in [9.17, 15) is 13.2 Å². The van der Waals surface area contributed by atoms with E-state index in [4.69, 9.17) is 4.43 Å². The molecule has 0 fully saturated rings. The number of methoxy groups -OCH3 is 1. The molecule has 0 rings (SSSR count). The van der Waals surface area contributed by atoms with E-state index in [0.717, 1.165) is 6.26 Å². The maximum Gasteiger partial charge on any atom is 0.326 e. The third-order valence-electron chi connectivity index (χ3n) is 3.55. The lowest BCUT2D eigenvalue weighted by Gasteiger charge is -2.39. The van der Waals surface area contributed by atoms with Crippen molar-refractivity contribution in [2.24, 2.45) is 0 Å². The summed E-state index contributed by atoms with van der Waals surface area (Å²) in [6.07, 6.45) is 0.403. The highest BCUT2D eigenvalue weighted by Crippen LogP contribution is 2.37. The van der Waals surface area contributed by atoms with Gasteiger partial charge in [0.05, 0.1) is 19.5 Å². The molecule has 6 nitrogen and oxygen atoms in total. The Balaban J connectivity index is 5.17. The molecular formula is C12H27NO5SSi. The van der Waals surface area contributed by atoms with E-state index in [-0.39, 0.29) is 5.04 Å². The fourth-order valence-corrected chi connectivity index (χ4v) is 3.57. The average Bonchev–Trinajstić information content (AvgIpc) is 2.21. The summed E-state index contributed by atoms with van der Waals surface area (Å²) in [7, 11) is -4.42. The zero-order valence-electron chi connectivity index (χ0n) is 13.6. The molecule has 0 saturated carbocycles. The van der Waals surface area contributed by atoms with Crippen LogP contribution in [-0.2, 0) is 24.0 Å². The molecule has 0 aromatic carbocycles. The summed E-state index contributed by atoms with van der Waals surface area (Å²) < 4.78 is 35.7. The summed E-state index contributed by atoms with van der Waals surface area (Å²) >= 11 is 0. The van der Waals surface area contributed by atoms with Gasteiger partial charge in [0, 0.05) is 0 Å². The maximum atomic E-state index is 11.8. The Bertz CT molecular complexity index is 441. The second-order valence-electron chi connectivity index (χ2n) is 6.47. The molecule has 0 aliphatic rings. The number of hydrogen-bond acceptors (Lipinski definition) is 5. The van der Waals surface area contributed by atoms with Gasteiger partial charge in [0.2, 0.25) is 10.0 Å². The van der Waals surface area contributed by atoms with Crippen molar-refractivity contribution in [3.8, 4) is 0 Å². The van der Waals surface area contributed by atoms with Gasteiger partial charge in [-0.25, -0.2) is 8.42 Å². The van der Waals surface area contributed by atoms with Crippen LogP contribution >= 0.6 is 0 Å². The molecular weight excluding hydrogens is 298 g/mol. The van der Waals surface area contributed by atoms with Crippen LogP contribution in [-0.4, -0.2) is 48.2 Å². The molecule has 0 bridgehead atoms. The second-order valence-corrected chi connectivity index (χ2v) is 13.0. The highest BCUT2D eigenvalue weighted by Gasteiger charge is 2.41. The number of carbonyl (C=O) groups excluding carboxylic acids is 1. The molecule has 0 aromatic rings. The minimum atomic E-state index is -3.53. The van der Waals surface area contributed by atoms with Crippen LogP contribution < -0.4 is 4.72 Å². The molecule has 1 N–H and O–H groups in total. The predicted octanol–water partition coefficient (Wildman–Crippen LogP) is 1.49. The molecule has 0 spiro atoms. The van der Waals surface area contributed by atoms with E-state index < -0.39 is 36.5 Å². The van der Waals surface area contributed by atoms with E-state index in [1.54, 1.807) is 6.92 Å². The number of ether oxygens (including phenoxy) is 1. The van der Waals surface area contributed by atoms with Crippen LogP contribution in [0.4, 0.5) is 0 Å². The Morgan fingerprint density at radius 1 is 1.25 bits per heavy atom. The van der Waals surface area contributed by atoms with Gasteiger partial charge in [-0.05, 0) is 25.1 Å². The van der Waals surface area contributed by atoms with Gasteiger partial charge in [0.1, 0.15) is 6.04 Å². The molecule has 8 heteroatoms. The lowest BCUT2D eigenvalue weighted by Crippen LogP contribution is -2.53. The van der Waals surface area contributed by atoms with E-state index in [1.807, 2.05) is 13.1 Å². The molecule has 0 heterocycles. The lowest BCUT2D eigenvalue weighted by molar-refractivity contribution is -0.144. The van der Waals surface area contributed by atoms with Crippen LogP contribution in [0.2, 0.25) is 18.1 Å². The number of esters is 1. The quantitative estimate of drug-likeness (QED) is 0.591. The molecule has 0 radical (unpaired) electrons. The summed E-state index contributed by atoms with van der Waals surface area (Å²) in [5, 5.41) is -0.0347. The van der Waals surface area contributed by atoms with Crippen LogP contribution in [0.3, 0.4) is 0 Å². The Kier molecular flexibility index (Phi) is 6.40. The predicted molar refractivity (Wildman–Crippen MR) is 81.5 cm³/mol. The fraction of sp³-hybridized carbons (Fsp3) is 0.917. The molecule has 120 valence electrons. The Morgan fingerprint density at radius 3 is 2.00 bits per heavy atom. The largest absolute Gasteiger partial charge is 0.468 e. The first-order chi connectivity index (χ1) is 8.71. The Hall–Kier alpha value is -0.443. The van der Waals surface area contributed by atoms with Gasteiger partial charge in [0.15, 0.2) is 8.32 Å². The van der Waals surface area contributed by atoms with E-state index in [2.05, 4.69) is 30.2 Å². The van der Waals surface area contributed by atoms with Crippen molar-refractivity contribution in [3.05, 3.63) is 0 Å². The van der Waals surface area contributed by atoms with Crippen molar-refractivity contribution < 1.29 is 22.4 Å². The monoisotopic (exact) mass is 325 g/mol. The highest BCUT2D eigenvalue weighted by atomic mass is 32.2. The van der Waals surface area contributed by atoms with E-state index in [0.29, 0.717) is 0 Å². The first kappa shape index (κ1) is 19.6. The molecule has 0 unspecified atom stereocenters. The van der Waals surface area contributed by atoms with Crippen LogP contribution in [0.5, 0.6) is 0 Å². The van der Waals surface area contributed by atoms with Crippen LogP contribution in [0.1, 0.15) is 27.7 Å². The smallest absolute Gasteiger partial charge is 0.326 e. The normalized spacial score (nSPS) is 16.6. The SMILES string of the molecule is COC(=O)[C@@H](NS(C)(=O)=O)[C@@H](C)O[Si](C)(C)C(C)(C)C. The van der Waals surface area contributed by atoms with Crippen LogP contribution in [0.25, 0.3) is 0 Å². The van der Waals surface area contributed by atoms with Gasteiger partial charge < -0.3 is 9.16 Å². The minimum Gasteiger partial charge on any atom is -0.468 e. The number of rotatable bonds is 6. The van der Waals surface area contributed by atoms with Crippen molar-refractivity contribution in [3.63, 3.8) is 0 Å². The van der Waals surface area contributed by atoms with Crippen molar-refractivity contribution in [1.82, 2.24) is 4.72 Å². The third-order valence-corrected chi connectivity index (χ3v) is 8.81. The average molecular weight is 326 g/mol. The summed E-state index contributed by atoms with van der Waals surface area (Å²) in [6, 6.07) is -1.04. The van der Waals surface area contributed by atoms with Crippen LogP contribution in [0.15, 0.2) is 0 Å². The van der Waals surface area contributed by atoms with Gasteiger partial charge >= 0.3 is 5.97 Å². The highest BCUT2D eigenvalue weighted by molar-refractivity contribution is 7.88. The first-order valence-corrected chi connectivity index (χ1v) is 11.2. The number of carbonyl (C=O) groups is 1. The lowest BCUT2D eigenvalue weighted by atomic mass is 10.2. The second kappa shape index (κ2) is 6.55. The van der Waals surface area contributed by atoms with E-state index >= 15 is 0 Å². The number of sulfonamides is 1. The van der Waals surface area contributed by atoms with Crippen molar-refractivity contribution in [2.45, 2.75) is 58.0 Å². The summed E-state index contributed by atoms with van der Waals surface area (Å²) in [6.45, 7) is 12.0.